The van der Waals surface area contributed by atoms with E-state index in [0.717, 1.165) is 33.8 Å². The zero-order valence-electron chi connectivity index (χ0n) is 20.9. The van der Waals surface area contributed by atoms with Gasteiger partial charge in [0, 0.05) is 23.4 Å². The highest BCUT2D eigenvalue weighted by Gasteiger charge is 2.25. The van der Waals surface area contributed by atoms with E-state index in [1.807, 2.05) is 68.7 Å². The highest BCUT2D eigenvalue weighted by atomic mass is 19.1. The quantitative estimate of drug-likeness (QED) is 0.337. The van der Waals surface area contributed by atoms with Crippen molar-refractivity contribution in [2.45, 2.75) is 40.3 Å². The Balaban J connectivity index is 1.81. The van der Waals surface area contributed by atoms with E-state index in [4.69, 9.17) is 14.5 Å². The van der Waals surface area contributed by atoms with Crippen molar-refractivity contribution < 1.29 is 18.7 Å². The number of nitrogens with zero attached hydrogens (tertiary/aromatic N) is 3. The van der Waals surface area contributed by atoms with Gasteiger partial charge in [-0.25, -0.2) is 9.37 Å². The molecule has 0 aliphatic carbocycles. The average molecular weight is 476 g/mol. The highest BCUT2D eigenvalue weighted by molar-refractivity contribution is 5.97. The molecule has 182 valence electrons. The van der Waals surface area contributed by atoms with Gasteiger partial charge in [-0.2, -0.15) is 0 Å². The van der Waals surface area contributed by atoms with E-state index < -0.39 is 0 Å². The number of amides is 1. The smallest absolute Gasteiger partial charge is 0.255 e. The number of aryl methyl sites for hydroxylation is 2. The number of fused-ring (bicyclic) bond motifs is 1. The molecule has 0 N–H and O–H groups in total. The van der Waals surface area contributed by atoms with Crippen molar-refractivity contribution in [3.63, 3.8) is 0 Å². The Labute approximate surface area is 204 Å². The Morgan fingerprint density at radius 3 is 2.17 bits per heavy atom. The molecule has 35 heavy (non-hydrogen) atoms. The van der Waals surface area contributed by atoms with E-state index in [-0.39, 0.29) is 24.3 Å². The van der Waals surface area contributed by atoms with E-state index in [1.54, 1.807) is 25.2 Å². The Morgan fingerprint density at radius 2 is 1.60 bits per heavy atom. The number of ether oxygens (including phenoxy) is 2. The zero-order chi connectivity index (χ0) is 25.3. The van der Waals surface area contributed by atoms with Crippen molar-refractivity contribution in [1.29, 1.82) is 0 Å². The second-order valence-electron chi connectivity index (χ2n) is 8.86. The lowest BCUT2D eigenvalue weighted by Crippen LogP contribution is -2.38. The molecular weight excluding hydrogens is 445 g/mol. The normalized spacial score (nSPS) is 11.2. The van der Waals surface area contributed by atoms with Gasteiger partial charge in [0.25, 0.3) is 5.91 Å². The highest BCUT2D eigenvalue weighted by Crippen LogP contribution is 2.28. The molecule has 0 atom stereocenters. The molecule has 0 bridgehead atoms. The van der Waals surface area contributed by atoms with Crippen LogP contribution in [0.3, 0.4) is 0 Å². The minimum absolute atomic E-state index is 0.0860. The largest absolute Gasteiger partial charge is 0.497 e. The van der Waals surface area contributed by atoms with Crippen molar-refractivity contribution in [2.24, 2.45) is 0 Å². The van der Waals surface area contributed by atoms with Crippen LogP contribution in [0.5, 0.6) is 11.5 Å². The van der Waals surface area contributed by atoms with Crippen LogP contribution in [0.25, 0.3) is 16.7 Å². The average Bonchev–Trinajstić information content (AvgIpc) is 3.18. The molecule has 0 unspecified atom stereocenters. The maximum absolute atomic E-state index is 14.0. The molecule has 1 heterocycles. The van der Waals surface area contributed by atoms with E-state index in [1.165, 1.54) is 12.1 Å². The van der Waals surface area contributed by atoms with Gasteiger partial charge in [-0.15, -0.1) is 0 Å². The fourth-order valence-corrected chi connectivity index (χ4v) is 4.39. The summed E-state index contributed by atoms with van der Waals surface area (Å²) in [7, 11) is 3.23. The van der Waals surface area contributed by atoms with Crippen LogP contribution in [0.4, 0.5) is 4.39 Å². The lowest BCUT2D eigenvalue weighted by molar-refractivity contribution is 0.0683. The molecule has 1 aromatic heterocycles. The third kappa shape index (κ3) is 4.71. The number of hydrogen-bond acceptors (Lipinski definition) is 4. The first-order chi connectivity index (χ1) is 16.7. The topological polar surface area (TPSA) is 56.6 Å². The van der Waals surface area contributed by atoms with E-state index >= 15 is 0 Å². The van der Waals surface area contributed by atoms with Crippen LogP contribution in [0, 0.1) is 19.7 Å². The first kappa shape index (κ1) is 24.3. The molecule has 0 radical (unpaired) electrons. The van der Waals surface area contributed by atoms with Crippen LogP contribution in [0.15, 0.2) is 54.6 Å². The summed E-state index contributed by atoms with van der Waals surface area (Å²) in [5, 5.41) is 0. The molecule has 0 aliphatic rings. The molecule has 3 aromatic carbocycles. The van der Waals surface area contributed by atoms with Gasteiger partial charge in [0.1, 0.15) is 23.1 Å². The van der Waals surface area contributed by atoms with Crippen LogP contribution < -0.4 is 9.47 Å². The molecule has 0 fully saturated rings. The number of carbonyl (C=O) groups is 1. The SMILES string of the molecule is COc1ccc(-n2c(CN(C(=O)c3c(C)cc(OC)cc3C)C(C)C)nc3cc(F)ccc32)cc1. The summed E-state index contributed by atoms with van der Waals surface area (Å²) in [6, 6.07) is 15.8. The van der Waals surface area contributed by atoms with Crippen molar-refractivity contribution in [1.82, 2.24) is 14.5 Å². The molecule has 0 saturated heterocycles. The molecule has 0 saturated carbocycles. The van der Waals surface area contributed by atoms with Gasteiger partial charge >= 0.3 is 0 Å². The lowest BCUT2D eigenvalue weighted by Gasteiger charge is -2.28. The molecular formula is C28H30FN3O3. The Morgan fingerprint density at radius 1 is 0.971 bits per heavy atom. The second-order valence-corrected chi connectivity index (χ2v) is 8.86. The molecule has 0 aliphatic heterocycles. The van der Waals surface area contributed by atoms with Crippen molar-refractivity contribution in [3.8, 4) is 17.2 Å². The number of halogens is 1. The fourth-order valence-electron chi connectivity index (χ4n) is 4.39. The predicted molar refractivity (Wildman–Crippen MR) is 135 cm³/mol. The van der Waals surface area contributed by atoms with E-state index in [9.17, 15) is 9.18 Å². The maximum atomic E-state index is 14.0. The van der Waals surface area contributed by atoms with Gasteiger partial charge in [0.15, 0.2) is 0 Å². The number of benzene rings is 3. The Hall–Kier alpha value is -3.87. The first-order valence-corrected chi connectivity index (χ1v) is 11.5. The van der Waals surface area contributed by atoms with Crippen LogP contribution >= 0.6 is 0 Å². The summed E-state index contributed by atoms with van der Waals surface area (Å²) in [5.74, 6) is 1.65. The third-order valence-corrected chi connectivity index (χ3v) is 6.17. The van der Waals surface area contributed by atoms with E-state index in [2.05, 4.69) is 0 Å². The van der Waals surface area contributed by atoms with Gasteiger partial charge in [-0.05, 0) is 87.4 Å². The van der Waals surface area contributed by atoms with Crippen LogP contribution in [-0.2, 0) is 6.54 Å². The number of aromatic nitrogens is 2. The van der Waals surface area contributed by atoms with Gasteiger partial charge in [0.05, 0.1) is 31.8 Å². The lowest BCUT2D eigenvalue weighted by atomic mass is 10.0. The van der Waals surface area contributed by atoms with Crippen molar-refractivity contribution in [2.75, 3.05) is 14.2 Å². The fraction of sp³-hybridized carbons (Fsp3) is 0.286. The number of hydrogen-bond donors (Lipinski definition) is 0. The minimum atomic E-state index is -0.357. The summed E-state index contributed by atoms with van der Waals surface area (Å²) in [6.07, 6.45) is 0. The molecule has 7 heteroatoms. The number of rotatable bonds is 7. The first-order valence-electron chi connectivity index (χ1n) is 11.5. The van der Waals surface area contributed by atoms with Gasteiger partial charge < -0.3 is 14.4 Å². The second kappa shape index (κ2) is 9.78. The zero-order valence-corrected chi connectivity index (χ0v) is 20.9. The summed E-state index contributed by atoms with van der Waals surface area (Å²) >= 11 is 0. The summed E-state index contributed by atoms with van der Waals surface area (Å²) in [6.45, 7) is 8.04. The molecule has 4 rings (SSSR count). The number of carbonyl (C=O) groups excluding carboxylic acids is 1. The van der Waals surface area contributed by atoms with E-state index in [0.29, 0.717) is 16.9 Å². The summed E-state index contributed by atoms with van der Waals surface area (Å²) in [5.41, 5.74) is 4.50. The molecule has 6 nitrogen and oxygen atoms in total. The van der Waals surface area contributed by atoms with Gasteiger partial charge in [-0.1, -0.05) is 0 Å². The monoisotopic (exact) mass is 475 g/mol. The van der Waals surface area contributed by atoms with Crippen LogP contribution in [-0.4, -0.2) is 40.6 Å². The summed E-state index contributed by atoms with van der Waals surface area (Å²) in [4.78, 5) is 20.3. The Kier molecular flexibility index (Phi) is 6.78. The molecule has 4 aromatic rings. The van der Waals surface area contributed by atoms with Crippen LogP contribution in [0.1, 0.15) is 41.2 Å². The minimum Gasteiger partial charge on any atom is -0.497 e. The molecule has 1 amide bonds. The van der Waals surface area contributed by atoms with Gasteiger partial charge in [-0.3, -0.25) is 9.36 Å². The van der Waals surface area contributed by atoms with Crippen molar-refractivity contribution >= 4 is 16.9 Å². The number of imidazole rings is 1. The predicted octanol–water partition coefficient (Wildman–Crippen LogP) is 5.85. The maximum Gasteiger partial charge on any atom is 0.255 e. The molecule has 0 spiro atoms. The number of methoxy groups -OCH3 is 2. The third-order valence-electron chi connectivity index (χ3n) is 6.17. The van der Waals surface area contributed by atoms with Gasteiger partial charge in [0.2, 0.25) is 0 Å². The van der Waals surface area contributed by atoms with Crippen LogP contribution in [0.2, 0.25) is 0 Å². The standard InChI is InChI=1S/C28H30FN3O3/c1-17(2)31(28(33)27-18(3)13-23(35-6)14-19(27)4)16-26-30-24-15-20(29)7-12-25(24)32(26)21-8-10-22(34-5)11-9-21/h7-15,17H,16H2,1-6H3. The van der Waals surface area contributed by atoms with Crippen molar-refractivity contribution in [3.05, 3.63) is 82.9 Å². The Bertz CT molecular complexity index is 1350. The summed E-state index contributed by atoms with van der Waals surface area (Å²) < 4.78 is 26.7.